The van der Waals surface area contributed by atoms with Crippen LogP contribution >= 0.6 is 0 Å². The lowest BCUT2D eigenvalue weighted by atomic mass is 9.82. The Balaban J connectivity index is 5.11. The maximum Gasteiger partial charge on any atom is 0.312 e. The van der Waals surface area contributed by atoms with Crippen LogP contribution in [0.15, 0.2) is 36.6 Å². The fourth-order valence-corrected chi connectivity index (χ4v) is 2.93. The van der Waals surface area contributed by atoms with Gasteiger partial charge in [-0.1, -0.05) is 39.5 Å². The van der Waals surface area contributed by atoms with Crippen molar-refractivity contribution in [2.45, 2.75) is 65.6 Å². The predicted molar refractivity (Wildman–Crippen MR) is 101 cm³/mol. The quantitative estimate of drug-likeness (QED) is 0.190. The summed E-state index contributed by atoms with van der Waals surface area (Å²) in [6.07, 6.45) is 4.90. The summed E-state index contributed by atoms with van der Waals surface area (Å²) in [4.78, 5) is 12.0. The lowest BCUT2D eigenvalue weighted by Gasteiger charge is -2.37. The van der Waals surface area contributed by atoms with Crippen molar-refractivity contribution in [2.75, 3.05) is 7.11 Å². The molecule has 0 aromatic rings. The Morgan fingerprint density at radius 1 is 1.17 bits per heavy atom. The van der Waals surface area contributed by atoms with Crippen LogP contribution in [0, 0.1) is 5.41 Å². The van der Waals surface area contributed by atoms with E-state index in [4.69, 9.17) is 9.16 Å². The van der Waals surface area contributed by atoms with E-state index in [9.17, 15) is 4.79 Å². The molecular formula is C19H34O3Si. The van der Waals surface area contributed by atoms with E-state index < -0.39 is 13.7 Å². The molecule has 23 heavy (non-hydrogen) atoms. The van der Waals surface area contributed by atoms with E-state index in [1.807, 2.05) is 19.9 Å². The van der Waals surface area contributed by atoms with Crippen molar-refractivity contribution in [3.05, 3.63) is 36.6 Å². The first kappa shape index (κ1) is 21.7. The van der Waals surface area contributed by atoms with Crippen molar-refractivity contribution in [1.29, 1.82) is 0 Å². The number of carbonyl (C=O) groups is 1. The van der Waals surface area contributed by atoms with Gasteiger partial charge >= 0.3 is 5.97 Å². The van der Waals surface area contributed by atoms with Crippen LogP contribution < -0.4 is 0 Å². The van der Waals surface area contributed by atoms with Gasteiger partial charge in [0.2, 0.25) is 8.32 Å². The lowest BCUT2D eigenvalue weighted by Crippen LogP contribution is -2.40. The fourth-order valence-electron chi connectivity index (χ4n) is 1.85. The van der Waals surface area contributed by atoms with Gasteiger partial charge in [-0.25, -0.2) is 0 Å². The Labute approximate surface area is 143 Å². The number of esters is 1. The number of hydrogen-bond acceptors (Lipinski definition) is 3. The average molecular weight is 339 g/mol. The summed E-state index contributed by atoms with van der Waals surface area (Å²) in [5.41, 5.74) is 0.365. The lowest BCUT2D eigenvalue weighted by molar-refractivity contribution is -0.151. The second kappa shape index (κ2) is 8.00. The summed E-state index contributed by atoms with van der Waals surface area (Å²) in [7, 11) is -0.481. The summed E-state index contributed by atoms with van der Waals surface area (Å²) in [5.74, 6) is 0.472. The third-order valence-electron chi connectivity index (χ3n) is 4.76. The summed E-state index contributed by atoms with van der Waals surface area (Å²) < 4.78 is 11.1. The monoisotopic (exact) mass is 338 g/mol. The van der Waals surface area contributed by atoms with E-state index in [0.717, 1.165) is 5.57 Å². The van der Waals surface area contributed by atoms with Gasteiger partial charge in [-0.3, -0.25) is 4.79 Å². The third kappa shape index (κ3) is 6.02. The zero-order valence-corrected chi connectivity index (χ0v) is 17.2. The van der Waals surface area contributed by atoms with Crippen molar-refractivity contribution in [3.8, 4) is 0 Å². The van der Waals surface area contributed by atoms with Gasteiger partial charge in [-0.15, -0.1) is 6.58 Å². The summed E-state index contributed by atoms with van der Waals surface area (Å²) >= 11 is 0. The molecule has 3 nitrogen and oxygen atoms in total. The van der Waals surface area contributed by atoms with Crippen molar-refractivity contribution >= 4 is 14.3 Å². The maximum atomic E-state index is 12.0. The zero-order chi connectivity index (χ0) is 18.5. The first-order valence-corrected chi connectivity index (χ1v) is 11.0. The number of carbonyl (C=O) groups excluding carboxylic acids is 1. The highest BCUT2D eigenvalue weighted by Crippen LogP contribution is 2.38. The Morgan fingerprint density at radius 2 is 1.70 bits per heavy atom. The molecule has 1 atom stereocenters. The second-order valence-corrected chi connectivity index (χ2v) is 12.6. The van der Waals surface area contributed by atoms with E-state index in [2.05, 4.69) is 47.0 Å². The highest BCUT2D eigenvalue weighted by Gasteiger charge is 2.39. The van der Waals surface area contributed by atoms with Crippen molar-refractivity contribution < 1.29 is 14.0 Å². The average Bonchev–Trinajstić information content (AvgIpc) is 2.42. The number of hydrogen-bond donors (Lipinski definition) is 0. The minimum absolute atomic E-state index is 0.125. The molecule has 0 N–H and O–H groups in total. The van der Waals surface area contributed by atoms with Crippen LogP contribution in [0.25, 0.3) is 0 Å². The molecule has 0 spiro atoms. The van der Waals surface area contributed by atoms with Gasteiger partial charge in [0.1, 0.15) is 0 Å². The Kier molecular flexibility index (Phi) is 7.55. The molecule has 0 radical (unpaired) electrons. The SMILES string of the molecule is C=CC[C@](C)(C/C=C(\C)C(=C)O[Si](C)(C)C(C)(C)C)C(=O)OC. The van der Waals surface area contributed by atoms with Gasteiger partial charge < -0.3 is 9.16 Å². The maximum absolute atomic E-state index is 12.0. The number of ether oxygens (including phenoxy) is 1. The van der Waals surface area contributed by atoms with Gasteiger partial charge in [0.15, 0.2) is 0 Å². The van der Waals surface area contributed by atoms with Crippen LogP contribution in [0.2, 0.25) is 18.1 Å². The Bertz CT molecular complexity index is 483. The molecule has 0 aliphatic heterocycles. The predicted octanol–water partition coefficient (Wildman–Crippen LogP) is 5.61. The van der Waals surface area contributed by atoms with E-state index in [1.165, 1.54) is 7.11 Å². The second-order valence-electron chi connectivity index (χ2n) is 7.92. The van der Waals surface area contributed by atoms with Crippen LogP contribution in [0.4, 0.5) is 0 Å². The molecule has 0 heterocycles. The molecule has 0 aliphatic carbocycles. The van der Waals surface area contributed by atoms with Crippen LogP contribution in [-0.4, -0.2) is 21.4 Å². The highest BCUT2D eigenvalue weighted by molar-refractivity contribution is 6.74. The summed E-state index contributed by atoms with van der Waals surface area (Å²) in [6.45, 7) is 22.7. The van der Waals surface area contributed by atoms with Crippen molar-refractivity contribution in [1.82, 2.24) is 0 Å². The van der Waals surface area contributed by atoms with Crippen LogP contribution in [0.1, 0.15) is 47.5 Å². The molecule has 0 aromatic carbocycles. The molecule has 0 amide bonds. The topological polar surface area (TPSA) is 35.5 Å². The van der Waals surface area contributed by atoms with Gasteiger partial charge in [0.05, 0.1) is 18.3 Å². The normalized spacial score (nSPS) is 15.6. The molecule has 0 unspecified atom stereocenters. The smallest absolute Gasteiger partial charge is 0.312 e. The summed E-state index contributed by atoms with van der Waals surface area (Å²) in [6, 6.07) is 0. The largest absolute Gasteiger partial charge is 0.544 e. The van der Waals surface area contributed by atoms with Crippen LogP contribution in [0.5, 0.6) is 0 Å². The van der Waals surface area contributed by atoms with E-state index in [-0.39, 0.29) is 11.0 Å². The van der Waals surface area contributed by atoms with E-state index in [0.29, 0.717) is 18.6 Å². The minimum atomic E-state index is -1.90. The number of rotatable bonds is 8. The molecule has 0 saturated carbocycles. The summed E-state index contributed by atoms with van der Waals surface area (Å²) in [5, 5.41) is 0.125. The third-order valence-corrected chi connectivity index (χ3v) is 9.13. The van der Waals surface area contributed by atoms with E-state index in [1.54, 1.807) is 6.08 Å². The van der Waals surface area contributed by atoms with Gasteiger partial charge in [-0.2, -0.15) is 0 Å². The van der Waals surface area contributed by atoms with Crippen molar-refractivity contribution in [3.63, 3.8) is 0 Å². The fraction of sp³-hybridized carbons (Fsp3) is 0.632. The van der Waals surface area contributed by atoms with Gasteiger partial charge in [-0.05, 0) is 50.4 Å². The molecule has 0 aromatic heterocycles. The Morgan fingerprint density at radius 3 is 2.09 bits per heavy atom. The van der Waals surface area contributed by atoms with Crippen molar-refractivity contribution in [2.24, 2.45) is 5.41 Å². The molecule has 0 bridgehead atoms. The van der Waals surface area contributed by atoms with E-state index >= 15 is 0 Å². The molecule has 0 aliphatic rings. The first-order valence-electron chi connectivity index (χ1n) is 8.05. The van der Waals surface area contributed by atoms with Gasteiger partial charge in [0, 0.05) is 0 Å². The molecule has 0 fully saturated rings. The minimum Gasteiger partial charge on any atom is -0.544 e. The highest BCUT2D eigenvalue weighted by atomic mass is 28.4. The standard InChI is InChI=1S/C19H34O3Si/c1-11-13-19(7,17(20)21-8)14-12-15(2)16(3)22-23(9,10)18(4,5)6/h11-12H,1,3,13-14H2,2,4-10H3/b15-12+/t19-/m1/s1. The molecule has 0 saturated heterocycles. The molecule has 0 rings (SSSR count). The molecular weight excluding hydrogens is 304 g/mol. The van der Waals surface area contributed by atoms with Crippen LogP contribution in [0.3, 0.4) is 0 Å². The van der Waals surface area contributed by atoms with Crippen LogP contribution in [-0.2, 0) is 14.0 Å². The Hall–Kier alpha value is -1.29. The molecule has 4 heteroatoms. The molecule has 132 valence electrons. The number of allylic oxidation sites excluding steroid dienone is 3. The zero-order valence-electron chi connectivity index (χ0n) is 16.2. The van der Waals surface area contributed by atoms with Gasteiger partial charge in [0.25, 0.3) is 0 Å². The number of methoxy groups -OCH3 is 1. The first-order chi connectivity index (χ1) is 10.3.